The van der Waals surface area contributed by atoms with Gasteiger partial charge in [-0.2, -0.15) is 0 Å². The smallest absolute Gasteiger partial charge is 0.270 e. The van der Waals surface area contributed by atoms with E-state index in [4.69, 9.17) is 17.0 Å². The Morgan fingerprint density at radius 2 is 1.97 bits per heavy atom. The second kappa shape index (κ2) is 10.7. The van der Waals surface area contributed by atoms with Gasteiger partial charge in [0, 0.05) is 37.3 Å². The molecule has 1 fully saturated rings. The molecule has 0 aliphatic carbocycles. The van der Waals surface area contributed by atoms with Crippen molar-refractivity contribution in [3.05, 3.63) is 52.1 Å². The second-order valence-corrected chi connectivity index (χ2v) is 9.01. The van der Waals surface area contributed by atoms with E-state index >= 15 is 0 Å². The first-order valence-electron chi connectivity index (χ1n) is 10.8. The zero-order valence-corrected chi connectivity index (χ0v) is 20.3. The van der Waals surface area contributed by atoms with Crippen LogP contribution in [0.2, 0.25) is 0 Å². The highest BCUT2D eigenvalue weighted by molar-refractivity contribution is 7.80. The molecule has 1 aliphatic rings. The summed E-state index contributed by atoms with van der Waals surface area (Å²) in [7, 11) is 0. The van der Waals surface area contributed by atoms with Crippen molar-refractivity contribution in [2.24, 2.45) is 0 Å². The van der Waals surface area contributed by atoms with E-state index in [2.05, 4.69) is 20.9 Å². The summed E-state index contributed by atoms with van der Waals surface area (Å²) < 4.78 is 6.19. The van der Waals surface area contributed by atoms with Crippen molar-refractivity contribution in [1.29, 1.82) is 0 Å². The predicted octanol–water partition coefficient (Wildman–Crippen LogP) is 3.52. The van der Waals surface area contributed by atoms with Gasteiger partial charge in [0.1, 0.15) is 0 Å². The summed E-state index contributed by atoms with van der Waals surface area (Å²) in [6, 6.07) is 9.52. The van der Waals surface area contributed by atoms with Crippen LogP contribution >= 0.6 is 23.6 Å². The number of carbonyl (C=O) groups excluding carboxylic acids is 2. The summed E-state index contributed by atoms with van der Waals surface area (Å²) in [5.74, 6) is -0.681. The van der Waals surface area contributed by atoms with Gasteiger partial charge in [-0.25, -0.2) is 4.98 Å². The van der Waals surface area contributed by atoms with Crippen LogP contribution in [0.4, 0.5) is 22.2 Å². The maximum Gasteiger partial charge on any atom is 0.270 e. The third-order valence-electron chi connectivity index (χ3n) is 5.23. The SMILES string of the molecule is CCC(=O)Nc1nc2ccc(NC(=S)NC(=O)c3cc([N+](=O)[O-])ccc3N3CCOCC3)cc2s1. The van der Waals surface area contributed by atoms with E-state index in [1.54, 1.807) is 31.2 Å². The third-order valence-corrected chi connectivity index (χ3v) is 6.37. The van der Waals surface area contributed by atoms with Crippen molar-refractivity contribution in [2.45, 2.75) is 13.3 Å². The summed E-state index contributed by atoms with van der Waals surface area (Å²) >= 11 is 6.64. The maximum atomic E-state index is 13.1. The Hall–Kier alpha value is -3.68. The molecule has 0 saturated carbocycles. The highest BCUT2D eigenvalue weighted by Gasteiger charge is 2.22. The number of nitro benzene ring substituents is 1. The van der Waals surface area contributed by atoms with Gasteiger partial charge in [-0.05, 0) is 36.5 Å². The Bertz CT molecular complexity index is 1300. The molecule has 1 aliphatic heterocycles. The molecule has 11 nitrogen and oxygen atoms in total. The number of rotatable bonds is 6. The fraction of sp³-hybridized carbons (Fsp3) is 0.273. The van der Waals surface area contributed by atoms with Gasteiger partial charge in [0.2, 0.25) is 5.91 Å². The van der Waals surface area contributed by atoms with Gasteiger partial charge in [0.15, 0.2) is 10.2 Å². The first-order valence-corrected chi connectivity index (χ1v) is 12.0. The van der Waals surface area contributed by atoms with Crippen molar-refractivity contribution in [3.8, 4) is 0 Å². The van der Waals surface area contributed by atoms with Gasteiger partial charge in [-0.3, -0.25) is 25.0 Å². The number of nitro groups is 1. The number of fused-ring (bicyclic) bond motifs is 1. The number of morpholine rings is 1. The van der Waals surface area contributed by atoms with Crippen molar-refractivity contribution >= 4 is 72.9 Å². The largest absolute Gasteiger partial charge is 0.378 e. The van der Waals surface area contributed by atoms with Gasteiger partial charge in [-0.15, -0.1) is 0 Å². The summed E-state index contributed by atoms with van der Waals surface area (Å²) in [5.41, 5.74) is 1.87. The first kappa shape index (κ1) is 24.4. The molecule has 0 radical (unpaired) electrons. The first-order chi connectivity index (χ1) is 16.8. The van der Waals surface area contributed by atoms with Crippen LogP contribution in [0.5, 0.6) is 0 Å². The molecule has 0 bridgehead atoms. The molecule has 2 amide bonds. The van der Waals surface area contributed by atoms with E-state index in [-0.39, 0.29) is 22.3 Å². The highest BCUT2D eigenvalue weighted by Crippen LogP contribution is 2.29. The van der Waals surface area contributed by atoms with Gasteiger partial charge >= 0.3 is 0 Å². The standard InChI is InChI=1S/C22H22N6O5S2/c1-2-19(29)25-22-24-16-5-3-13(11-18(16)35-22)23-21(34)26-20(30)15-12-14(28(31)32)4-6-17(15)27-7-9-33-10-8-27/h3-6,11-12H,2,7-10H2,1H3,(H,24,25,29)(H2,23,26,30,34). The fourth-order valence-electron chi connectivity index (χ4n) is 3.50. The molecule has 3 N–H and O–H groups in total. The number of carbonyl (C=O) groups is 2. The van der Waals surface area contributed by atoms with Crippen molar-refractivity contribution < 1.29 is 19.2 Å². The molecule has 0 spiro atoms. The molecular weight excluding hydrogens is 492 g/mol. The number of thiazole rings is 1. The van der Waals surface area contributed by atoms with Crippen molar-refractivity contribution in [2.75, 3.05) is 41.8 Å². The van der Waals surface area contributed by atoms with Crippen LogP contribution in [-0.4, -0.2) is 53.1 Å². The van der Waals surface area contributed by atoms with Crippen molar-refractivity contribution in [1.82, 2.24) is 10.3 Å². The molecule has 182 valence electrons. The molecule has 3 aromatic rings. The molecule has 2 heterocycles. The van der Waals surface area contributed by atoms with E-state index < -0.39 is 10.8 Å². The van der Waals surface area contributed by atoms with E-state index in [0.29, 0.717) is 54.7 Å². The molecule has 1 saturated heterocycles. The quantitative estimate of drug-likeness (QED) is 0.256. The lowest BCUT2D eigenvalue weighted by Gasteiger charge is -2.30. The number of hydrogen-bond donors (Lipinski definition) is 3. The molecule has 1 aromatic heterocycles. The lowest BCUT2D eigenvalue weighted by atomic mass is 10.1. The maximum absolute atomic E-state index is 13.1. The Kier molecular flexibility index (Phi) is 7.48. The van der Waals surface area contributed by atoms with Crippen molar-refractivity contribution in [3.63, 3.8) is 0 Å². The molecule has 0 atom stereocenters. The van der Waals surface area contributed by atoms with E-state index in [9.17, 15) is 19.7 Å². The van der Waals surface area contributed by atoms with Crippen LogP contribution < -0.4 is 20.9 Å². The van der Waals surface area contributed by atoms with Crippen LogP contribution in [0, 0.1) is 10.1 Å². The van der Waals surface area contributed by atoms with E-state index in [1.165, 1.54) is 23.5 Å². The number of nitrogens with one attached hydrogen (secondary N) is 3. The van der Waals surface area contributed by atoms with Crippen LogP contribution in [0.1, 0.15) is 23.7 Å². The molecule has 0 unspecified atom stereocenters. The molecule has 13 heteroatoms. The number of ether oxygens (including phenoxy) is 1. The summed E-state index contributed by atoms with van der Waals surface area (Å²) in [6.07, 6.45) is 0.356. The zero-order valence-electron chi connectivity index (χ0n) is 18.7. The number of anilines is 3. The molecule has 35 heavy (non-hydrogen) atoms. The fourth-order valence-corrected chi connectivity index (χ4v) is 4.63. The van der Waals surface area contributed by atoms with E-state index in [1.807, 2.05) is 4.90 Å². The number of aromatic nitrogens is 1. The van der Waals surface area contributed by atoms with Gasteiger partial charge in [0.05, 0.1) is 39.6 Å². The Morgan fingerprint density at radius 3 is 2.69 bits per heavy atom. The van der Waals surface area contributed by atoms with Gasteiger partial charge in [-0.1, -0.05) is 18.3 Å². The number of hydrogen-bond acceptors (Lipinski definition) is 9. The minimum absolute atomic E-state index is 0.0396. The third kappa shape index (κ3) is 5.88. The second-order valence-electron chi connectivity index (χ2n) is 7.57. The number of amides is 2. The van der Waals surface area contributed by atoms with E-state index in [0.717, 1.165) is 4.70 Å². The average Bonchev–Trinajstić information content (AvgIpc) is 3.25. The minimum atomic E-state index is -0.559. The number of benzene rings is 2. The topological polar surface area (TPSA) is 139 Å². The average molecular weight is 515 g/mol. The Balaban J connectivity index is 1.49. The van der Waals surface area contributed by atoms with Gasteiger partial charge in [0.25, 0.3) is 11.6 Å². The van der Waals surface area contributed by atoms with Crippen LogP contribution in [-0.2, 0) is 9.53 Å². The molecular formula is C22H22N6O5S2. The van der Waals surface area contributed by atoms with Gasteiger partial charge < -0.3 is 20.3 Å². The lowest BCUT2D eigenvalue weighted by molar-refractivity contribution is -0.384. The summed E-state index contributed by atoms with van der Waals surface area (Å²) in [5, 5.41) is 20.1. The Morgan fingerprint density at radius 1 is 1.20 bits per heavy atom. The number of nitrogens with zero attached hydrogens (tertiary/aromatic N) is 3. The molecule has 4 rings (SSSR count). The normalized spacial score (nSPS) is 13.3. The minimum Gasteiger partial charge on any atom is -0.378 e. The lowest BCUT2D eigenvalue weighted by Crippen LogP contribution is -2.39. The zero-order chi connectivity index (χ0) is 24.9. The monoisotopic (exact) mass is 514 g/mol. The van der Waals surface area contributed by atoms with Crippen LogP contribution in [0.3, 0.4) is 0 Å². The molecule has 2 aromatic carbocycles. The number of thiocarbonyl (C=S) groups is 1. The Labute approximate surface area is 209 Å². The highest BCUT2D eigenvalue weighted by atomic mass is 32.1. The van der Waals surface area contributed by atoms with Crippen LogP contribution in [0.25, 0.3) is 10.2 Å². The predicted molar refractivity (Wildman–Crippen MR) is 138 cm³/mol. The summed E-state index contributed by atoms with van der Waals surface area (Å²) in [6.45, 7) is 3.90. The number of non-ortho nitro benzene ring substituents is 1. The van der Waals surface area contributed by atoms with Crippen LogP contribution in [0.15, 0.2) is 36.4 Å². The summed E-state index contributed by atoms with van der Waals surface area (Å²) in [4.78, 5) is 41.7.